The number of rotatable bonds is 6. The van der Waals surface area contributed by atoms with E-state index in [9.17, 15) is 18.4 Å². The number of ether oxygens (including phenoxy) is 1. The first-order valence-electron chi connectivity index (χ1n) is 8.93. The first-order valence-corrected chi connectivity index (χ1v) is 9.92. The van der Waals surface area contributed by atoms with Crippen molar-refractivity contribution in [3.63, 3.8) is 0 Å². The Morgan fingerprint density at radius 2 is 1.80 bits per heavy atom. The van der Waals surface area contributed by atoms with Crippen molar-refractivity contribution in [1.82, 2.24) is 4.98 Å². The summed E-state index contributed by atoms with van der Waals surface area (Å²) < 4.78 is 45.9. The molecule has 0 aliphatic heterocycles. The third kappa shape index (κ3) is 5.22. The van der Waals surface area contributed by atoms with Crippen molar-refractivity contribution in [2.24, 2.45) is 0 Å². The highest BCUT2D eigenvalue weighted by molar-refractivity contribution is 7.99. The van der Waals surface area contributed by atoms with Gasteiger partial charge in [-0.05, 0) is 35.9 Å². The second kappa shape index (κ2) is 9.51. The molecule has 1 aromatic heterocycles. The Morgan fingerprint density at radius 1 is 1.10 bits per heavy atom. The summed E-state index contributed by atoms with van der Waals surface area (Å²) in [6.07, 6.45) is -0.961. The van der Waals surface area contributed by atoms with Gasteiger partial charge in [-0.3, -0.25) is 0 Å². The summed E-state index contributed by atoms with van der Waals surface area (Å²) in [5.41, 5.74) is 0.193. The van der Waals surface area contributed by atoms with Crippen LogP contribution >= 0.6 is 11.8 Å². The van der Waals surface area contributed by atoms with E-state index in [-0.39, 0.29) is 10.7 Å². The molecule has 0 atom stereocenters. The van der Waals surface area contributed by atoms with Gasteiger partial charge in [-0.2, -0.15) is 18.4 Å². The smallest absolute Gasteiger partial charge is 0.417 e. The maximum absolute atomic E-state index is 13.6. The number of nitrogens with zero attached hydrogens (tertiary/aromatic N) is 2. The van der Waals surface area contributed by atoms with Crippen molar-refractivity contribution >= 4 is 17.8 Å². The lowest BCUT2D eigenvalue weighted by Crippen LogP contribution is -2.10. The van der Waals surface area contributed by atoms with Gasteiger partial charge in [0.15, 0.2) is 0 Å². The van der Waals surface area contributed by atoms with E-state index in [0.717, 1.165) is 23.4 Å². The highest BCUT2D eigenvalue weighted by Gasteiger charge is 2.36. The van der Waals surface area contributed by atoms with Crippen LogP contribution in [-0.2, 0) is 6.18 Å². The Kier molecular flexibility index (Phi) is 6.80. The van der Waals surface area contributed by atoms with E-state index in [1.54, 1.807) is 30.3 Å². The molecule has 0 aliphatic carbocycles. The second-order valence-electron chi connectivity index (χ2n) is 6.20. The minimum absolute atomic E-state index is 0.0517. The summed E-state index contributed by atoms with van der Waals surface area (Å²) in [7, 11) is 1.51. The largest absolute Gasteiger partial charge is 0.497 e. The first-order chi connectivity index (χ1) is 14.4. The number of methoxy groups -OCH3 is 1. The molecule has 0 radical (unpaired) electrons. The van der Waals surface area contributed by atoms with E-state index in [2.05, 4.69) is 4.98 Å². The highest BCUT2D eigenvalue weighted by Crippen LogP contribution is 2.38. The minimum atomic E-state index is -4.66. The van der Waals surface area contributed by atoms with E-state index in [4.69, 9.17) is 4.74 Å². The van der Waals surface area contributed by atoms with E-state index < -0.39 is 17.3 Å². The van der Waals surface area contributed by atoms with Crippen LogP contribution in [0.25, 0.3) is 17.3 Å². The molecule has 3 aromatic rings. The van der Waals surface area contributed by atoms with Crippen LogP contribution in [0.3, 0.4) is 0 Å². The fourth-order valence-electron chi connectivity index (χ4n) is 2.74. The number of pyridine rings is 1. The average molecular weight is 426 g/mol. The lowest BCUT2D eigenvalue weighted by atomic mass is 10.1. The monoisotopic (exact) mass is 426 g/mol. The molecule has 0 N–H and O–H groups in total. The summed E-state index contributed by atoms with van der Waals surface area (Å²) in [6, 6.07) is 18.7. The van der Waals surface area contributed by atoms with E-state index >= 15 is 0 Å². The predicted octanol–water partition coefficient (Wildman–Crippen LogP) is 6.45. The third-order valence-electron chi connectivity index (χ3n) is 4.22. The summed E-state index contributed by atoms with van der Waals surface area (Å²) in [5.74, 6) is 0.962. The molecule has 0 saturated carbocycles. The van der Waals surface area contributed by atoms with Gasteiger partial charge < -0.3 is 4.74 Å². The molecule has 7 heteroatoms. The molecule has 0 aliphatic rings. The van der Waals surface area contributed by atoms with Gasteiger partial charge in [-0.25, -0.2) is 4.98 Å². The molecular formula is C23H17F3N2OS. The standard InChI is InChI=1S/C23H17F3N2OS/c1-29-18-11-9-17(10-12-18)21-14-20(23(24,25)26)19(15-27)22(28-21)30-13-5-8-16-6-3-2-4-7-16/h2-12,14H,13H2,1H3. The lowest BCUT2D eigenvalue weighted by molar-refractivity contribution is -0.138. The Bertz CT molecular complexity index is 1070. The second-order valence-corrected chi connectivity index (χ2v) is 7.21. The number of halogens is 3. The van der Waals surface area contributed by atoms with Crippen LogP contribution in [0, 0.1) is 11.3 Å². The molecule has 0 saturated heterocycles. The molecular weight excluding hydrogens is 409 g/mol. The molecule has 0 amide bonds. The van der Waals surface area contributed by atoms with Crippen LogP contribution in [0.2, 0.25) is 0 Å². The predicted molar refractivity (Wildman–Crippen MR) is 112 cm³/mol. The van der Waals surface area contributed by atoms with Crippen molar-refractivity contribution in [2.75, 3.05) is 12.9 Å². The topological polar surface area (TPSA) is 45.9 Å². The molecule has 0 unspecified atom stereocenters. The van der Waals surface area contributed by atoms with Crippen molar-refractivity contribution in [3.05, 3.63) is 83.4 Å². The first kappa shape index (κ1) is 21.5. The SMILES string of the molecule is COc1ccc(-c2cc(C(F)(F)F)c(C#N)c(SCC=Cc3ccccc3)n2)cc1. The molecule has 30 heavy (non-hydrogen) atoms. The summed E-state index contributed by atoms with van der Waals surface area (Å²) in [5, 5.41) is 9.44. The molecule has 0 bridgehead atoms. The van der Waals surface area contributed by atoms with Gasteiger partial charge in [0.1, 0.15) is 16.8 Å². The lowest BCUT2D eigenvalue weighted by Gasteiger charge is -2.14. The molecule has 3 nitrogen and oxygen atoms in total. The van der Waals surface area contributed by atoms with Crippen LogP contribution in [-0.4, -0.2) is 17.8 Å². The molecule has 1 heterocycles. The van der Waals surface area contributed by atoms with Crippen LogP contribution < -0.4 is 4.74 Å². The third-order valence-corrected chi connectivity index (χ3v) is 5.14. The normalized spacial score (nSPS) is 11.4. The van der Waals surface area contributed by atoms with Crippen LogP contribution in [0.1, 0.15) is 16.7 Å². The molecule has 0 spiro atoms. The molecule has 2 aromatic carbocycles. The number of alkyl halides is 3. The maximum Gasteiger partial charge on any atom is 0.417 e. The number of thioether (sulfide) groups is 1. The van der Waals surface area contributed by atoms with E-state index in [1.807, 2.05) is 42.5 Å². The average Bonchev–Trinajstić information content (AvgIpc) is 2.76. The van der Waals surface area contributed by atoms with Crippen LogP contribution in [0.5, 0.6) is 5.75 Å². The quantitative estimate of drug-likeness (QED) is 0.425. The van der Waals surface area contributed by atoms with Crippen molar-refractivity contribution in [3.8, 4) is 23.1 Å². The minimum Gasteiger partial charge on any atom is -0.497 e. The fourth-order valence-corrected chi connectivity index (χ4v) is 3.56. The number of aromatic nitrogens is 1. The Balaban J connectivity index is 1.95. The van der Waals surface area contributed by atoms with Crippen LogP contribution in [0.4, 0.5) is 13.2 Å². The summed E-state index contributed by atoms with van der Waals surface area (Å²) >= 11 is 1.09. The zero-order chi connectivity index (χ0) is 21.6. The maximum atomic E-state index is 13.6. The van der Waals surface area contributed by atoms with E-state index in [1.165, 1.54) is 7.11 Å². The number of hydrogen-bond donors (Lipinski definition) is 0. The van der Waals surface area contributed by atoms with Crippen molar-refractivity contribution in [2.45, 2.75) is 11.2 Å². The Labute approximate surface area is 176 Å². The van der Waals surface area contributed by atoms with E-state index in [0.29, 0.717) is 17.1 Å². The summed E-state index contributed by atoms with van der Waals surface area (Å²) in [6.45, 7) is 0. The van der Waals surface area contributed by atoms with Gasteiger partial charge >= 0.3 is 6.18 Å². The Morgan fingerprint density at radius 3 is 2.40 bits per heavy atom. The molecule has 0 fully saturated rings. The highest BCUT2D eigenvalue weighted by atomic mass is 32.2. The number of hydrogen-bond acceptors (Lipinski definition) is 4. The van der Waals surface area contributed by atoms with Crippen LogP contribution in [0.15, 0.2) is 71.8 Å². The zero-order valence-electron chi connectivity index (χ0n) is 16.0. The molecule has 152 valence electrons. The summed E-state index contributed by atoms with van der Waals surface area (Å²) in [4.78, 5) is 4.35. The van der Waals surface area contributed by atoms with Gasteiger partial charge in [-0.15, -0.1) is 11.8 Å². The fraction of sp³-hybridized carbons (Fsp3) is 0.130. The van der Waals surface area contributed by atoms with Crippen molar-refractivity contribution in [1.29, 1.82) is 5.26 Å². The number of nitriles is 1. The molecule has 3 rings (SSSR count). The Hall–Kier alpha value is -3.24. The van der Waals surface area contributed by atoms with Gasteiger partial charge in [0.25, 0.3) is 0 Å². The number of benzene rings is 2. The van der Waals surface area contributed by atoms with Gasteiger partial charge in [0, 0.05) is 11.3 Å². The zero-order valence-corrected chi connectivity index (χ0v) is 16.8. The van der Waals surface area contributed by atoms with Gasteiger partial charge in [-0.1, -0.05) is 42.5 Å². The van der Waals surface area contributed by atoms with Crippen molar-refractivity contribution < 1.29 is 17.9 Å². The van der Waals surface area contributed by atoms with Gasteiger partial charge in [0.2, 0.25) is 0 Å². The van der Waals surface area contributed by atoms with Gasteiger partial charge in [0.05, 0.1) is 23.9 Å².